The van der Waals surface area contributed by atoms with Crippen molar-refractivity contribution >= 4 is 28.5 Å². The first-order chi connectivity index (χ1) is 7.47. The van der Waals surface area contributed by atoms with E-state index in [2.05, 4.69) is 15.6 Å². The van der Waals surface area contributed by atoms with Crippen LogP contribution in [0.1, 0.15) is 19.5 Å². The van der Waals surface area contributed by atoms with Crippen LogP contribution < -0.4 is 10.6 Å². The zero-order chi connectivity index (χ0) is 12.1. The van der Waals surface area contributed by atoms with Crippen LogP contribution in [0.25, 0.3) is 0 Å². The molecule has 0 saturated carbocycles. The molecule has 1 heterocycles. The van der Waals surface area contributed by atoms with Gasteiger partial charge < -0.3 is 10.4 Å². The van der Waals surface area contributed by atoms with E-state index < -0.39 is 5.97 Å². The number of nitrogens with one attached hydrogen (secondary N) is 2. The topological polar surface area (TPSA) is 91.3 Å². The number of hydrogen-bond donors (Lipinski definition) is 3. The highest BCUT2D eigenvalue weighted by Crippen LogP contribution is 2.15. The summed E-state index contributed by atoms with van der Waals surface area (Å²) >= 11 is 1.20. The zero-order valence-corrected chi connectivity index (χ0v) is 9.80. The van der Waals surface area contributed by atoms with Crippen LogP contribution in [-0.2, 0) is 11.2 Å². The van der Waals surface area contributed by atoms with Gasteiger partial charge in [0.25, 0.3) is 0 Å². The van der Waals surface area contributed by atoms with Gasteiger partial charge in [0.05, 0.1) is 12.1 Å². The first kappa shape index (κ1) is 12.4. The van der Waals surface area contributed by atoms with Gasteiger partial charge in [0.2, 0.25) is 0 Å². The average molecular weight is 243 g/mol. The van der Waals surface area contributed by atoms with E-state index in [1.54, 1.807) is 5.38 Å². The second-order valence-electron chi connectivity index (χ2n) is 3.47. The number of urea groups is 1. The minimum atomic E-state index is -0.941. The number of hydrogen-bond acceptors (Lipinski definition) is 4. The van der Waals surface area contributed by atoms with Gasteiger partial charge in [0.1, 0.15) is 0 Å². The highest BCUT2D eigenvalue weighted by Gasteiger charge is 2.09. The second kappa shape index (κ2) is 5.45. The number of amides is 2. The Labute approximate surface area is 96.7 Å². The lowest BCUT2D eigenvalue weighted by molar-refractivity contribution is -0.136. The summed E-state index contributed by atoms with van der Waals surface area (Å²) in [4.78, 5) is 25.7. The van der Waals surface area contributed by atoms with Crippen molar-refractivity contribution in [3.05, 3.63) is 11.1 Å². The highest BCUT2D eigenvalue weighted by molar-refractivity contribution is 7.13. The third-order valence-corrected chi connectivity index (χ3v) is 2.33. The summed E-state index contributed by atoms with van der Waals surface area (Å²) in [6, 6.07) is -0.301. The molecule has 6 nitrogen and oxygen atoms in total. The SMILES string of the molecule is CC(C)NC(=O)Nc1nc(CC(=O)O)cs1. The molecule has 0 aromatic carbocycles. The average Bonchev–Trinajstić information content (AvgIpc) is 2.49. The third kappa shape index (κ3) is 4.26. The number of rotatable bonds is 4. The highest BCUT2D eigenvalue weighted by atomic mass is 32.1. The number of carboxylic acids is 1. The number of carboxylic acid groups (broad SMARTS) is 1. The number of anilines is 1. The maximum Gasteiger partial charge on any atom is 0.321 e. The minimum Gasteiger partial charge on any atom is -0.481 e. The Hall–Kier alpha value is -1.63. The van der Waals surface area contributed by atoms with Crippen molar-refractivity contribution in [2.75, 3.05) is 5.32 Å². The van der Waals surface area contributed by atoms with Crippen LogP contribution in [0.4, 0.5) is 9.93 Å². The van der Waals surface area contributed by atoms with E-state index in [1.807, 2.05) is 13.8 Å². The molecule has 2 amide bonds. The molecule has 1 rings (SSSR count). The lowest BCUT2D eigenvalue weighted by Gasteiger charge is -2.07. The molecule has 0 spiro atoms. The number of carbonyl (C=O) groups is 2. The van der Waals surface area contributed by atoms with Crippen LogP contribution in [0, 0.1) is 0 Å². The van der Waals surface area contributed by atoms with Gasteiger partial charge in [-0.2, -0.15) is 0 Å². The molecule has 0 unspecified atom stereocenters. The van der Waals surface area contributed by atoms with Crippen LogP contribution in [0.15, 0.2) is 5.38 Å². The van der Waals surface area contributed by atoms with E-state index in [-0.39, 0.29) is 18.5 Å². The summed E-state index contributed by atoms with van der Waals surface area (Å²) < 4.78 is 0. The Morgan fingerprint density at radius 1 is 1.56 bits per heavy atom. The van der Waals surface area contributed by atoms with Crippen LogP contribution >= 0.6 is 11.3 Å². The monoisotopic (exact) mass is 243 g/mol. The van der Waals surface area contributed by atoms with Crippen LogP contribution in [0.3, 0.4) is 0 Å². The van der Waals surface area contributed by atoms with Gasteiger partial charge in [-0.25, -0.2) is 9.78 Å². The lowest BCUT2D eigenvalue weighted by atomic mass is 10.3. The van der Waals surface area contributed by atoms with Gasteiger partial charge in [-0.1, -0.05) is 0 Å². The summed E-state index contributed by atoms with van der Waals surface area (Å²) in [5.41, 5.74) is 0.442. The summed E-state index contributed by atoms with van der Waals surface area (Å²) in [7, 11) is 0. The molecule has 7 heteroatoms. The van der Waals surface area contributed by atoms with Crippen molar-refractivity contribution in [3.63, 3.8) is 0 Å². The maximum atomic E-state index is 11.3. The Morgan fingerprint density at radius 3 is 2.81 bits per heavy atom. The van der Waals surface area contributed by atoms with Crippen molar-refractivity contribution < 1.29 is 14.7 Å². The van der Waals surface area contributed by atoms with Crippen molar-refractivity contribution in [1.29, 1.82) is 0 Å². The fraction of sp³-hybridized carbons (Fsp3) is 0.444. The first-order valence-corrected chi connectivity index (χ1v) is 5.59. The molecule has 1 aromatic heterocycles. The van der Waals surface area contributed by atoms with E-state index in [9.17, 15) is 9.59 Å². The van der Waals surface area contributed by atoms with E-state index in [0.29, 0.717) is 10.8 Å². The summed E-state index contributed by atoms with van der Waals surface area (Å²) in [6.07, 6.45) is -0.135. The molecule has 0 bridgehead atoms. The predicted octanol–water partition coefficient (Wildman–Crippen LogP) is 1.30. The van der Waals surface area contributed by atoms with Crippen LogP contribution in [-0.4, -0.2) is 28.1 Å². The molecule has 0 saturated heterocycles. The van der Waals surface area contributed by atoms with E-state index >= 15 is 0 Å². The van der Waals surface area contributed by atoms with Crippen molar-refractivity contribution in [2.24, 2.45) is 0 Å². The molecule has 0 radical (unpaired) electrons. The molecule has 0 fully saturated rings. The lowest BCUT2D eigenvalue weighted by Crippen LogP contribution is -2.34. The molecule has 0 aliphatic heterocycles. The number of aliphatic carboxylic acids is 1. The zero-order valence-electron chi connectivity index (χ0n) is 8.98. The molecule has 0 aliphatic carbocycles. The molecule has 0 atom stereocenters. The Morgan fingerprint density at radius 2 is 2.25 bits per heavy atom. The van der Waals surface area contributed by atoms with Gasteiger partial charge >= 0.3 is 12.0 Å². The van der Waals surface area contributed by atoms with Crippen molar-refractivity contribution in [2.45, 2.75) is 26.3 Å². The van der Waals surface area contributed by atoms with E-state index in [1.165, 1.54) is 11.3 Å². The molecule has 1 aromatic rings. The Bertz CT molecular complexity index is 389. The number of nitrogens with zero attached hydrogens (tertiary/aromatic N) is 1. The molecular weight excluding hydrogens is 230 g/mol. The predicted molar refractivity (Wildman–Crippen MR) is 60.7 cm³/mol. The third-order valence-electron chi connectivity index (χ3n) is 1.52. The Kier molecular flexibility index (Phi) is 4.24. The van der Waals surface area contributed by atoms with E-state index in [4.69, 9.17) is 5.11 Å². The first-order valence-electron chi connectivity index (χ1n) is 4.71. The minimum absolute atomic E-state index is 0.0402. The molecule has 3 N–H and O–H groups in total. The molecular formula is C9H13N3O3S. The molecule has 0 aliphatic rings. The fourth-order valence-electron chi connectivity index (χ4n) is 0.996. The summed E-state index contributed by atoms with van der Waals surface area (Å²) in [5, 5.41) is 15.7. The number of aromatic nitrogens is 1. The van der Waals surface area contributed by atoms with Crippen LogP contribution in [0.2, 0.25) is 0 Å². The van der Waals surface area contributed by atoms with Crippen molar-refractivity contribution in [3.8, 4) is 0 Å². The quantitative estimate of drug-likeness (QED) is 0.743. The summed E-state index contributed by atoms with van der Waals surface area (Å²) in [6.45, 7) is 3.69. The standard InChI is InChI=1S/C9H13N3O3S/c1-5(2)10-8(15)12-9-11-6(4-16-9)3-7(13)14/h4-5H,3H2,1-2H3,(H,13,14)(H2,10,11,12,15). The normalized spacial score (nSPS) is 10.2. The smallest absolute Gasteiger partial charge is 0.321 e. The molecule has 88 valence electrons. The van der Waals surface area contributed by atoms with Gasteiger partial charge in [0, 0.05) is 11.4 Å². The van der Waals surface area contributed by atoms with Gasteiger partial charge in [-0.05, 0) is 13.8 Å². The fourth-order valence-corrected chi connectivity index (χ4v) is 1.70. The largest absolute Gasteiger partial charge is 0.481 e. The summed E-state index contributed by atoms with van der Waals surface area (Å²) in [5.74, 6) is -0.941. The van der Waals surface area contributed by atoms with Crippen molar-refractivity contribution in [1.82, 2.24) is 10.3 Å². The van der Waals surface area contributed by atoms with Gasteiger partial charge in [-0.3, -0.25) is 10.1 Å². The molecule has 16 heavy (non-hydrogen) atoms. The number of thiazole rings is 1. The maximum absolute atomic E-state index is 11.3. The van der Waals surface area contributed by atoms with Gasteiger partial charge in [-0.15, -0.1) is 11.3 Å². The van der Waals surface area contributed by atoms with Crippen LogP contribution in [0.5, 0.6) is 0 Å². The Balaban J connectivity index is 2.51. The number of carbonyl (C=O) groups excluding carboxylic acids is 1. The van der Waals surface area contributed by atoms with Gasteiger partial charge in [0.15, 0.2) is 5.13 Å². The second-order valence-corrected chi connectivity index (χ2v) is 4.33. The van der Waals surface area contributed by atoms with E-state index in [0.717, 1.165) is 0 Å².